The van der Waals surface area contributed by atoms with Gasteiger partial charge in [0.1, 0.15) is 4.21 Å². The third kappa shape index (κ3) is 3.89. The Bertz CT molecular complexity index is 547. The van der Waals surface area contributed by atoms with Crippen molar-refractivity contribution in [1.29, 1.82) is 0 Å². The zero-order valence-corrected chi connectivity index (χ0v) is 13.6. The average Bonchev–Trinajstić information content (AvgIpc) is 2.69. The third-order valence-corrected chi connectivity index (χ3v) is 6.34. The van der Waals surface area contributed by atoms with Crippen molar-refractivity contribution in [3.63, 3.8) is 0 Å². The summed E-state index contributed by atoms with van der Waals surface area (Å²) in [6, 6.07) is 1.76. The van der Waals surface area contributed by atoms with Crippen molar-refractivity contribution in [1.82, 2.24) is 9.62 Å². The van der Waals surface area contributed by atoms with Crippen LogP contribution in [0.25, 0.3) is 0 Å². The van der Waals surface area contributed by atoms with Gasteiger partial charge in [0.25, 0.3) is 10.0 Å². The van der Waals surface area contributed by atoms with Crippen molar-refractivity contribution in [2.45, 2.75) is 31.5 Å². The van der Waals surface area contributed by atoms with Crippen LogP contribution >= 0.6 is 11.3 Å². The lowest BCUT2D eigenvalue weighted by molar-refractivity contribution is 0.454. The van der Waals surface area contributed by atoms with Gasteiger partial charge in [-0.2, -0.15) is 4.31 Å². The van der Waals surface area contributed by atoms with Crippen molar-refractivity contribution in [2.24, 2.45) is 0 Å². The molecule has 0 saturated heterocycles. The Balaban J connectivity index is 3.11. The standard InChI is InChI=1S/C13H22N2O2S2/c1-6-15(9-10(2)3)19(16,17)13-7-11(4)12(18-13)8-14-5/h7,14H,2,6,8-9H2,1,3-5H3. The first kappa shape index (κ1) is 16.4. The molecule has 0 bridgehead atoms. The van der Waals surface area contributed by atoms with Gasteiger partial charge in [-0.3, -0.25) is 0 Å². The number of hydrogen-bond donors (Lipinski definition) is 1. The SMILES string of the molecule is C=C(C)CN(CC)S(=O)(=O)c1cc(C)c(CNC)s1. The Morgan fingerprint density at radius 2 is 2.16 bits per heavy atom. The van der Waals surface area contributed by atoms with Crippen LogP contribution in [0.2, 0.25) is 0 Å². The van der Waals surface area contributed by atoms with Crippen molar-refractivity contribution in [3.05, 3.63) is 28.7 Å². The number of likely N-dealkylation sites (N-methyl/N-ethyl adjacent to an activating group) is 1. The number of aryl methyl sites for hydroxylation is 1. The molecular formula is C13H22N2O2S2. The lowest BCUT2D eigenvalue weighted by atomic mass is 10.3. The summed E-state index contributed by atoms with van der Waals surface area (Å²) in [7, 11) is -1.55. The van der Waals surface area contributed by atoms with Crippen molar-refractivity contribution >= 4 is 21.4 Å². The summed E-state index contributed by atoms with van der Waals surface area (Å²) in [6.45, 7) is 10.9. The number of thiophene rings is 1. The maximum Gasteiger partial charge on any atom is 0.252 e. The molecule has 0 unspecified atom stereocenters. The van der Waals surface area contributed by atoms with E-state index < -0.39 is 10.0 Å². The summed E-state index contributed by atoms with van der Waals surface area (Å²) in [5.41, 5.74) is 1.86. The Labute approximate surface area is 120 Å². The maximum atomic E-state index is 12.5. The van der Waals surface area contributed by atoms with E-state index >= 15 is 0 Å². The van der Waals surface area contributed by atoms with Crippen LogP contribution in [-0.2, 0) is 16.6 Å². The lowest BCUT2D eigenvalue weighted by Crippen LogP contribution is -2.31. The first-order valence-corrected chi connectivity index (χ1v) is 8.47. The molecule has 0 fully saturated rings. The van der Waals surface area contributed by atoms with Gasteiger partial charge < -0.3 is 5.32 Å². The van der Waals surface area contributed by atoms with E-state index in [1.165, 1.54) is 15.6 Å². The summed E-state index contributed by atoms with van der Waals surface area (Å²) in [6.07, 6.45) is 0. The largest absolute Gasteiger partial charge is 0.315 e. The van der Waals surface area contributed by atoms with Crippen LogP contribution in [0.4, 0.5) is 0 Å². The highest BCUT2D eigenvalue weighted by Gasteiger charge is 2.25. The maximum absolute atomic E-state index is 12.5. The molecule has 1 N–H and O–H groups in total. The topological polar surface area (TPSA) is 49.4 Å². The average molecular weight is 302 g/mol. The first-order chi connectivity index (χ1) is 8.82. The predicted octanol–water partition coefficient (Wildman–Crippen LogP) is 2.36. The number of nitrogens with zero attached hydrogens (tertiary/aromatic N) is 1. The van der Waals surface area contributed by atoms with Gasteiger partial charge in [0.2, 0.25) is 0 Å². The molecule has 0 atom stereocenters. The summed E-state index contributed by atoms with van der Waals surface area (Å²) < 4.78 is 27.0. The smallest absolute Gasteiger partial charge is 0.252 e. The van der Waals surface area contributed by atoms with E-state index in [1.54, 1.807) is 6.07 Å². The minimum atomic E-state index is -3.40. The van der Waals surface area contributed by atoms with Crippen LogP contribution in [0.5, 0.6) is 0 Å². The normalized spacial score (nSPS) is 12.1. The van der Waals surface area contributed by atoms with E-state index in [9.17, 15) is 8.42 Å². The molecule has 1 aromatic heterocycles. The highest BCUT2D eigenvalue weighted by Crippen LogP contribution is 2.28. The molecule has 6 heteroatoms. The lowest BCUT2D eigenvalue weighted by Gasteiger charge is -2.19. The van der Waals surface area contributed by atoms with Gasteiger partial charge in [-0.15, -0.1) is 11.3 Å². The summed E-state index contributed by atoms with van der Waals surface area (Å²) in [5, 5.41) is 3.05. The Hall–Kier alpha value is -0.690. The number of hydrogen-bond acceptors (Lipinski definition) is 4. The molecule has 0 aliphatic rings. The van der Waals surface area contributed by atoms with Gasteiger partial charge in [-0.1, -0.05) is 19.1 Å². The van der Waals surface area contributed by atoms with E-state index in [0.29, 0.717) is 23.8 Å². The fourth-order valence-electron chi connectivity index (χ4n) is 1.75. The Kier molecular flexibility index (Phi) is 5.73. The van der Waals surface area contributed by atoms with E-state index in [0.717, 1.165) is 16.0 Å². The molecule has 19 heavy (non-hydrogen) atoms. The molecule has 108 valence electrons. The second-order valence-electron chi connectivity index (χ2n) is 4.59. The number of nitrogens with one attached hydrogen (secondary N) is 1. The molecule has 0 radical (unpaired) electrons. The van der Waals surface area contributed by atoms with Gasteiger partial charge in [0.15, 0.2) is 0 Å². The highest BCUT2D eigenvalue weighted by atomic mass is 32.2. The van der Waals surface area contributed by atoms with Gasteiger partial charge >= 0.3 is 0 Å². The fraction of sp³-hybridized carbons (Fsp3) is 0.538. The van der Waals surface area contributed by atoms with Gasteiger partial charge in [-0.05, 0) is 32.5 Å². The molecule has 1 heterocycles. The molecule has 0 amide bonds. The fourth-order valence-corrected chi connectivity index (χ4v) is 5.01. The van der Waals surface area contributed by atoms with Gasteiger partial charge in [-0.25, -0.2) is 8.42 Å². The van der Waals surface area contributed by atoms with E-state index in [-0.39, 0.29) is 0 Å². The number of rotatable bonds is 7. The molecule has 4 nitrogen and oxygen atoms in total. The van der Waals surface area contributed by atoms with Gasteiger partial charge in [0, 0.05) is 24.5 Å². The van der Waals surface area contributed by atoms with Crippen LogP contribution < -0.4 is 5.32 Å². The van der Waals surface area contributed by atoms with Crippen LogP contribution in [0.15, 0.2) is 22.4 Å². The molecule has 1 aromatic rings. The van der Waals surface area contributed by atoms with Crippen LogP contribution in [0, 0.1) is 6.92 Å². The molecular weight excluding hydrogens is 280 g/mol. The minimum Gasteiger partial charge on any atom is -0.315 e. The second-order valence-corrected chi connectivity index (χ2v) is 7.89. The van der Waals surface area contributed by atoms with Crippen LogP contribution in [0.3, 0.4) is 0 Å². The summed E-state index contributed by atoms with van der Waals surface area (Å²) >= 11 is 1.34. The second kappa shape index (κ2) is 6.65. The van der Waals surface area contributed by atoms with E-state index in [2.05, 4.69) is 11.9 Å². The Morgan fingerprint density at radius 3 is 2.63 bits per heavy atom. The zero-order valence-electron chi connectivity index (χ0n) is 12.0. The van der Waals surface area contributed by atoms with Crippen LogP contribution in [0.1, 0.15) is 24.3 Å². The van der Waals surface area contributed by atoms with Crippen LogP contribution in [-0.4, -0.2) is 32.9 Å². The Morgan fingerprint density at radius 1 is 1.53 bits per heavy atom. The molecule has 1 rings (SSSR count). The molecule has 0 saturated carbocycles. The van der Waals surface area contributed by atoms with Crippen molar-refractivity contribution in [3.8, 4) is 0 Å². The summed E-state index contributed by atoms with van der Waals surface area (Å²) in [5.74, 6) is 0. The predicted molar refractivity (Wildman–Crippen MR) is 81.1 cm³/mol. The van der Waals surface area contributed by atoms with Crippen molar-refractivity contribution < 1.29 is 8.42 Å². The molecule has 0 spiro atoms. The molecule has 0 aliphatic heterocycles. The molecule has 0 aliphatic carbocycles. The monoisotopic (exact) mass is 302 g/mol. The first-order valence-electron chi connectivity index (χ1n) is 6.21. The zero-order chi connectivity index (χ0) is 14.6. The minimum absolute atomic E-state index is 0.372. The third-order valence-electron chi connectivity index (χ3n) is 2.73. The number of sulfonamides is 1. The van der Waals surface area contributed by atoms with Crippen molar-refractivity contribution in [2.75, 3.05) is 20.1 Å². The quantitative estimate of drug-likeness (QED) is 0.787. The van der Waals surface area contributed by atoms with Gasteiger partial charge in [0.05, 0.1) is 0 Å². The van der Waals surface area contributed by atoms with E-state index in [1.807, 2.05) is 27.8 Å². The summed E-state index contributed by atoms with van der Waals surface area (Å²) in [4.78, 5) is 1.06. The molecule has 0 aromatic carbocycles. The van der Waals surface area contributed by atoms with E-state index in [4.69, 9.17) is 0 Å². The highest BCUT2D eigenvalue weighted by molar-refractivity contribution is 7.91.